The van der Waals surface area contributed by atoms with Gasteiger partial charge in [0.15, 0.2) is 0 Å². The van der Waals surface area contributed by atoms with E-state index in [1.807, 2.05) is 13.8 Å². The van der Waals surface area contributed by atoms with Crippen molar-refractivity contribution in [2.45, 2.75) is 33.3 Å². The van der Waals surface area contributed by atoms with E-state index >= 15 is 0 Å². The number of nitrogens with one attached hydrogen (secondary N) is 1. The third-order valence-electron chi connectivity index (χ3n) is 2.33. The van der Waals surface area contributed by atoms with Crippen LogP contribution in [-0.4, -0.2) is 23.2 Å². The number of nitrogens with zero attached hydrogens (tertiary/aromatic N) is 1. The van der Waals surface area contributed by atoms with E-state index in [4.69, 9.17) is 4.74 Å². The van der Waals surface area contributed by atoms with E-state index in [1.165, 1.54) is 0 Å². The molecule has 0 radical (unpaired) electrons. The van der Waals surface area contributed by atoms with Crippen LogP contribution in [0.25, 0.3) is 0 Å². The fourth-order valence-corrected chi connectivity index (χ4v) is 1.16. The maximum atomic E-state index is 11.4. The third-order valence-corrected chi connectivity index (χ3v) is 2.33. The lowest BCUT2D eigenvalue weighted by Gasteiger charge is -2.09. The number of hydrogen-bond acceptors (Lipinski definition) is 3. The summed E-state index contributed by atoms with van der Waals surface area (Å²) in [6.45, 7) is 5.55. The zero-order chi connectivity index (χ0) is 10.7. The van der Waals surface area contributed by atoms with Crippen molar-refractivity contribution >= 4 is 0 Å². The van der Waals surface area contributed by atoms with E-state index < -0.39 is 0 Å². The van der Waals surface area contributed by atoms with Crippen molar-refractivity contribution in [3.05, 3.63) is 27.4 Å². The lowest BCUT2D eigenvalue weighted by atomic mass is 10.2. The number of ether oxygens (including phenoxy) is 1. The summed E-state index contributed by atoms with van der Waals surface area (Å²) >= 11 is 0. The summed E-state index contributed by atoms with van der Waals surface area (Å²) in [5, 5.41) is 0. The van der Waals surface area contributed by atoms with Crippen LogP contribution < -0.4 is 5.56 Å². The van der Waals surface area contributed by atoms with Crippen LogP contribution >= 0.6 is 0 Å². The predicted molar refractivity (Wildman–Crippen MR) is 54.5 cm³/mol. The first-order chi connectivity index (χ1) is 6.54. The largest absolute Gasteiger partial charge is 0.381 e. The normalized spacial score (nSPS) is 12.9. The van der Waals surface area contributed by atoms with Gasteiger partial charge in [0.05, 0.1) is 6.10 Å². The Morgan fingerprint density at radius 2 is 2.14 bits per heavy atom. The molecule has 1 N–H and O–H groups in total. The molecule has 0 amide bonds. The number of methoxy groups -OCH3 is 1. The molecule has 0 aliphatic rings. The maximum absolute atomic E-state index is 11.4. The molecule has 0 aliphatic carbocycles. The number of H-pyrrole nitrogens is 1. The third kappa shape index (κ3) is 2.42. The van der Waals surface area contributed by atoms with Gasteiger partial charge in [-0.2, -0.15) is 0 Å². The molecule has 1 heterocycles. The first-order valence-corrected chi connectivity index (χ1v) is 4.63. The Kier molecular flexibility index (Phi) is 3.41. The molecule has 0 aliphatic heterocycles. The Labute approximate surface area is 83.3 Å². The highest BCUT2D eigenvalue weighted by atomic mass is 16.5. The molecule has 4 heteroatoms. The molecular formula is C10H16N2O2. The molecule has 0 saturated carbocycles. The second-order valence-corrected chi connectivity index (χ2v) is 3.47. The summed E-state index contributed by atoms with van der Waals surface area (Å²) in [6.07, 6.45) is 0.701. The number of aryl methyl sites for hydroxylation is 1. The summed E-state index contributed by atoms with van der Waals surface area (Å²) in [5.74, 6) is 0.687. The van der Waals surface area contributed by atoms with Crippen molar-refractivity contribution in [3.63, 3.8) is 0 Å². The number of aromatic amines is 1. The van der Waals surface area contributed by atoms with Gasteiger partial charge in [0.1, 0.15) is 5.82 Å². The monoisotopic (exact) mass is 196 g/mol. The van der Waals surface area contributed by atoms with Crippen molar-refractivity contribution in [3.8, 4) is 0 Å². The topological polar surface area (TPSA) is 55.0 Å². The molecule has 1 rings (SSSR count). The SMILES string of the molecule is COC(C)Cc1nc(C)c(C)c(=O)[nH]1. The first kappa shape index (κ1) is 10.9. The van der Waals surface area contributed by atoms with E-state index in [9.17, 15) is 4.79 Å². The first-order valence-electron chi connectivity index (χ1n) is 4.63. The molecule has 14 heavy (non-hydrogen) atoms. The maximum Gasteiger partial charge on any atom is 0.254 e. The molecule has 0 aromatic carbocycles. The van der Waals surface area contributed by atoms with Crippen molar-refractivity contribution in [1.82, 2.24) is 9.97 Å². The van der Waals surface area contributed by atoms with Crippen LogP contribution in [0.4, 0.5) is 0 Å². The van der Waals surface area contributed by atoms with E-state index in [0.717, 1.165) is 5.69 Å². The molecule has 1 atom stereocenters. The fourth-order valence-electron chi connectivity index (χ4n) is 1.16. The minimum Gasteiger partial charge on any atom is -0.381 e. The number of rotatable bonds is 3. The van der Waals surface area contributed by atoms with Gasteiger partial charge in [-0.05, 0) is 20.8 Å². The zero-order valence-corrected chi connectivity index (χ0v) is 9.05. The summed E-state index contributed by atoms with van der Waals surface area (Å²) in [4.78, 5) is 18.4. The minimum atomic E-state index is -0.0594. The molecule has 1 aromatic rings. The van der Waals surface area contributed by atoms with Gasteiger partial charge in [-0.15, -0.1) is 0 Å². The Morgan fingerprint density at radius 1 is 1.50 bits per heavy atom. The van der Waals surface area contributed by atoms with Gasteiger partial charge >= 0.3 is 0 Å². The van der Waals surface area contributed by atoms with Crippen molar-refractivity contribution in [2.75, 3.05) is 7.11 Å². The predicted octanol–water partition coefficient (Wildman–Crippen LogP) is 0.964. The van der Waals surface area contributed by atoms with Crippen LogP contribution in [-0.2, 0) is 11.2 Å². The summed E-state index contributed by atoms with van der Waals surface area (Å²) in [5.41, 5.74) is 1.40. The lowest BCUT2D eigenvalue weighted by Crippen LogP contribution is -2.20. The second kappa shape index (κ2) is 4.37. The quantitative estimate of drug-likeness (QED) is 0.783. The Bertz CT molecular complexity index is 371. The van der Waals surface area contributed by atoms with Gasteiger partial charge in [-0.25, -0.2) is 4.98 Å². The van der Waals surface area contributed by atoms with Crippen molar-refractivity contribution in [2.24, 2.45) is 0 Å². The van der Waals surface area contributed by atoms with Crippen LogP contribution in [0.5, 0.6) is 0 Å². The van der Waals surface area contributed by atoms with E-state index in [1.54, 1.807) is 14.0 Å². The van der Waals surface area contributed by atoms with Crippen LogP contribution in [0, 0.1) is 13.8 Å². The number of hydrogen-bond donors (Lipinski definition) is 1. The fraction of sp³-hybridized carbons (Fsp3) is 0.600. The molecule has 1 aromatic heterocycles. The highest BCUT2D eigenvalue weighted by Crippen LogP contribution is 2.01. The van der Waals surface area contributed by atoms with Gasteiger partial charge in [-0.3, -0.25) is 4.79 Å². The van der Waals surface area contributed by atoms with Crippen molar-refractivity contribution < 1.29 is 4.74 Å². The van der Waals surface area contributed by atoms with Crippen molar-refractivity contribution in [1.29, 1.82) is 0 Å². The summed E-state index contributed by atoms with van der Waals surface area (Å²) in [7, 11) is 1.64. The molecule has 0 bridgehead atoms. The molecule has 78 valence electrons. The molecule has 1 unspecified atom stereocenters. The highest BCUT2D eigenvalue weighted by molar-refractivity contribution is 5.14. The van der Waals surface area contributed by atoms with E-state index in [0.29, 0.717) is 17.8 Å². The zero-order valence-electron chi connectivity index (χ0n) is 9.05. The molecule has 0 spiro atoms. The standard InChI is InChI=1S/C10H16N2O2/c1-6(14-4)5-9-11-8(3)7(2)10(13)12-9/h6H,5H2,1-4H3,(H,11,12,13). The molecule has 0 fully saturated rings. The average Bonchev–Trinajstić information content (AvgIpc) is 2.14. The molecular weight excluding hydrogens is 180 g/mol. The highest BCUT2D eigenvalue weighted by Gasteiger charge is 2.07. The minimum absolute atomic E-state index is 0.0594. The van der Waals surface area contributed by atoms with Gasteiger partial charge in [0.25, 0.3) is 5.56 Å². The van der Waals surface area contributed by atoms with E-state index in [2.05, 4.69) is 9.97 Å². The van der Waals surface area contributed by atoms with Crippen LogP contribution in [0.2, 0.25) is 0 Å². The average molecular weight is 196 g/mol. The summed E-state index contributed by atoms with van der Waals surface area (Å²) in [6, 6.07) is 0. The number of aromatic nitrogens is 2. The van der Waals surface area contributed by atoms with Gasteiger partial charge < -0.3 is 9.72 Å². The lowest BCUT2D eigenvalue weighted by molar-refractivity contribution is 0.117. The second-order valence-electron chi connectivity index (χ2n) is 3.47. The summed E-state index contributed by atoms with van der Waals surface area (Å²) < 4.78 is 5.10. The molecule has 4 nitrogen and oxygen atoms in total. The van der Waals surface area contributed by atoms with Crippen LogP contribution in [0.1, 0.15) is 24.0 Å². The van der Waals surface area contributed by atoms with E-state index in [-0.39, 0.29) is 11.7 Å². The smallest absolute Gasteiger partial charge is 0.254 e. The Morgan fingerprint density at radius 3 is 2.64 bits per heavy atom. The Balaban J connectivity index is 2.96. The van der Waals surface area contributed by atoms with Gasteiger partial charge in [0.2, 0.25) is 0 Å². The molecule has 0 saturated heterocycles. The van der Waals surface area contributed by atoms with Gasteiger partial charge in [-0.1, -0.05) is 0 Å². The van der Waals surface area contributed by atoms with Gasteiger partial charge in [0, 0.05) is 24.8 Å². The van der Waals surface area contributed by atoms with Crippen LogP contribution in [0.15, 0.2) is 4.79 Å². The van der Waals surface area contributed by atoms with Crippen LogP contribution in [0.3, 0.4) is 0 Å². The Hall–Kier alpha value is -1.16.